The maximum atomic E-state index is 9.26. The van der Waals surface area contributed by atoms with Gasteiger partial charge in [-0.25, -0.2) is 0 Å². The van der Waals surface area contributed by atoms with E-state index in [1.54, 1.807) is 0 Å². The summed E-state index contributed by atoms with van der Waals surface area (Å²) in [6, 6.07) is 6.24. The molecule has 88 valence electrons. The molecule has 1 atom stereocenters. The molecule has 0 aromatic heterocycles. The van der Waals surface area contributed by atoms with Crippen molar-refractivity contribution in [1.82, 2.24) is 0 Å². The van der Waals surface area contributed by atoms with Gasteiger partial charge in [-0.05, 0) is 37.8 Å². The summed E-state index contributed by atoms with van der Waals surface area (Å²) in [7, 11) is 0. The molecule has 1 heterocycles. The first kappa shape index (κ1) is 11.5. The molecule has 16 heavy (non-hydrogen) atoms. The van der Waals surface area contributed by atoms with Gasteiger partial charge in [-0.15, -0.1) is 0 Å². The fraction of sp³-hybridized carbons (Fsp3) is 0.571. The molecule has 0 amide bonds. The minimum atomic E-state index is -0.0850. The zero-order valence-electron chi connectivity index (χ0n) is 10.3. The lowest BCUT2D eigenvalue weighted by Gasteiger charge is -2.34. The van der Waals surface area contributed by atoms with E-state index >= 15 is 0 Å². The van der Waals surface area contributed by atoms with Crippen LogP contribution < -0.4 is 4.74 Å². The van der Waals surface area contributed by atoms with Crippen LogP contribution in [0.15, 0.2) is 18.2 Å². The number of aliphatic hydroxyl groups excluding tert-OH is 1. The molecule has 2 heteroatoms. The summed E-state index contributed by atoms with van der Waals surface area (Å²) in [5.74, 6) is 1.14. The minimum absolute atomic E-state index is 0.0850. The van der Waals surface area contributed by atoms with E-state index in [4.69, 9.17) is 4.74 Å². The molecule has 0 bridgehead atoms. The van der Waals surface area contributed by atoms with Gasteiger partial charge in [0.2, 0.25) is 0 Å². The van der Waals surface area contributed by atoms with E-state index in [9.17, 15) is 5.11 Å². The molecule has 1 aromatic carbocycles. The predicted octanol–water partition coefficient (Wildman–Crippen LogP) is 2.89. The Kier molecular flexibility index (Phi) is 2.94. The second-order valence-electron chi connectivity index (χ2n) is 5.28. The monoisotopic (exact) mass is 220 g/mol. The zero-order valence-corrected chi connectivity index (χ0v) is 10.3. The van der Waals surface area contributed by atoms with Crippen LogP contribution in [0.3, 0.4) is 0 Å². The van der Waals surface area contributed by atoms with Crippen LogP contribution in [0, 0.1) is 0 Å². The van der Waals surface area contributed by atoms with Crippen molar-refractivity contribution in [2.24, 2.45) is 0 Å². The second-order valence-corrected chi connectivity index (χ2v) is 5.28. The van der Waals surface area contributed by atoms with Gasteiger partial charge in [0.1, 0.15) is 11.4 Å². The van der Waals surface area contributed by atoms with E-state index in [1.807, 2.05) is 6.92 Å². The Balaban J connectivity index is 2.42. The third kappa shape index (κ3) is 2.07. The quantitative estimate of drug-likeness (QED) is 0.830. The third-order valence-corrected chi connectivity index (χ3v) is 3.31. The molecule has 0 fully saturated rings. The molecular weight excluding hydrogens is 200 g/mol. The van der Waals surface area contributed by atoms with Crippen LogP contribution >= 0.6 is 0 Å². The molecule has 1 aliphatic rings. The molecule has 0 saturated heterocycles. The Hall–Kier alpha value is -1.02. The van der Waals surface area contributed by atoms with Gasteiger partial charge in [-0.3, -0.25) is 0 Å². The lowest BCUT2D eigenvalue weighted by Crippen LogP contribution is -2.33. The van der Waals surface area contributed by atoms with Crippen LogP contribution in [-0.4, -0.2) is 17.3 Å². The van der Waals surface area contributed by atoms with Gasteiger partial charge in [0.05, 0.1) is 0 Å². The van der Waals surface area contributed by atoms with Gasteiger partial charge in [0.25, 0.3) is 0 Å². The molecule has 1 aliphatic heterocycles. The van der Waals surface area contributed by atoms with Crippen LogP contribution in [-0.2, 0) is 6.42 Å². The Bertz CT molecular complexity index is 382. The number of aryl methyl sites for hydroxylation is 1. The Labute approximate surface area is 97.3 Å². The van der Waals surface area contributed by atoms with E-state index in [-0.39, 0.29) is 18.1 Å². The lowest BCUT2D eigenvalue weighted by molar-refractivity contribution is 0.0822. The summed E-state index contributed by atoms with van der Waals surface area (Å²) in [5.41, 5.74) is 2.32. The van der Waals surface area contributed by atoms with E-state index in [2.05, 4.69) is 32.0 Å². The second kappa shape index (κ2) is 4.10. The Morgan fingerprint density at radius 1 is 1.44 bits per heavy atom. The van der Waals surface area contributed by atoms with Gasteiger partial charge in [0, 0.05) is 12.5 Å². The first-order chi connectivity index (χ1) is 7.53. The summed E-state index contributed by atoms with van der Waals surface area (Å²) in [4.78, 5) is 0. The molecule has 1 N–H and O–H groups in total. The summed E-state index contributed by atoms with van der Waals surface area (Å²) in [5, 5.41) is 9.26. The van der Waals surface area contributed by atoms with Crippen molar-refractivity contribution >= 4 is 0 Å². The van der Waals surface area contributed by atoms with Gasteiger partial charge in [-0.1, -0.05) is 25.1 Å². The highest BCUT2D eigenvalue weighted by atomic mass is 16.5. The molecule has 0 aliphatic carbocycles. The third-order valence-electron chi connectivity index (χ3n) is 3.31. The number of hydrogen-bond donors (Lipinski definition) is 1. The van der Waals surface area contributed by atoms with Gasteiger partial charge in [0.15, 0.2) is 0 Å². The lowest BCUT2D eigenvalue weighted by atomic mass is 9.90. The van der Waals surface area contributed by atoms with Crippen LogP contribution in [0.4, 0.5) is 0 Å². The normalized spacial score (nSPS) is 19.8. The van der Waals surface area contributed by atoms with Crippen molar-refractivity contribution in [3.8, 4) is 5.75 Å². The SMILES string of the molecule is CC(CO)c1cccc2c1OC(C)(C)CC2. The number of rotatable bonds is 2. The van der Waals surface area contributed by atoms with Crippen molar-refractivity contribution < 1.29 is 9.84 Å². The topological polar surface area (TPSA) is 29.5 Å². The van der Waals surface area contributed by atoms with E-state index in [0.29, 0.717) is 0 Å². The van der Waals surface area contributed by atoms with Crippen molar-refractivity contribution in [2.75, 3.05) is 6.61 Å². The molecule has 2 nitrogen and oxygen atoms in total. The van der Waals surface area contributed by atoms with E-state index < -0.39 is 0 Å². The smallest absolute Gasteiger partial charge is 0.126 e. The van der Waals surface area contributed by atoms with E-state index in [0.717, 1.165) is 24.2 Å². The Morgan fingerprint density at radius 2 is 2.19 bits per heavy atom. The van der Waals surface area contributed by atoms with E-state index in [1.165, 1.54) is 5.56 Å². The molecule has 1 unspecified atom stereocenters. The summed E-state index contributed by atoms with van der Waals surface area (Å²) < 4.78 is 6.06. The molecule has 0 saturated carbocycles. The fourth-order valence-corrected chi connectivity index (χ4v) is 2.18. The van der Waals surface area contributed by atoms with Gasteiger partial charge < -0.3 is 9.84 Å². The van der Waals surface area contributed by atoms with Crippen molar-refractivity contribution in [2.45, 2.75) is 45.1 Å². The van der Waals surface area contributed by atoms with Crippen molar-refractivity contribution in [3.63, 3.8) is 0 Å². The number of benzene rings is 1. The van der Waals surface area contributed by atoms with Gasteiger partial charge >= 0.3 is 0 Å². The number of ether oxygens (including phenoxy) is 1. The molecular formula is C14H20O2. The van der Waals surface area contributed by atoms with Crippen molar-refractivity contribution in [3.05, 3.63) is 29.3 Å². The number of para-hydroxylation sites is 1. The maximum Gasteiger partial charge on any atom is 0.126 e. The van der Waals surface area contributed by atoms with Crippen LogP contribution in [0.2, 0.25) is 0 Å². The molecule has 0 spiro atoms. The first-order valence-corrected chi connectivity index (χ1v) is 5.95. The highest BCUT2D eigenvalue weighted by Crippen LogP contribution is 2.38. The average Bonchev–Trinajstić information content (AvgIpc) is 2.26. The summed E-state index contributed by atoms with van der Waals surface area (Å²) in [6.07, 6.45) is 2.12. The zero-order chi connectivity index (χ0) is 11.8. The summed E-state index contributed by atoms with van der Waals surface area (Å²) in [6.45, 7) is 6.44. The van der Waals surface area contributed by atoms with Gasteiger partial charge in [-0.2, -0.15) is 0 Å². The van der Waals surface area contributed by atoms with Crippen LogP contribution in [0.25, 0.3) is 0 Å². The number of hydrogen-bond acceptors (Lipinski definition) is 2. The maximum absolute atomic E-state index is 9.26. The number of fused-ring (bicyclic) bond motifs is 1. The van der Waals surface area contributed by atoms with Crippen LogP contribution in [0.1, 0.15) is 44.2 Å². The standard InChI is InChI=1S/C14H20O2/c1-10(9-15)12-6-4-5-11-7-8-14(2,3)16-13(11)12/h4-6,10,15H,7-9H2,1-3H3. The van der Waals surface area contributed by atoms with Crippen LogP contribution in [0.5, 0.6) is 5.75 Å². The highest BCUT2D eigenvalue weighted by Gasteiger charge is 2.28. The largest absolute Gasteiger partial charge is 0.487 e. The van der Waals surface area contributed by atoms with Crippen molar-refractivity contribution in [1.29, 1.82) is 0 Å². The summed E-state index contributed by atoms with van der Waals surface area (Å²) >= 11 is 0. The first-order valence-electron chi connectivity index (χ1n) is 5.95. The fourth-order valence-electron chi connectivity index (χ4n) is 2.18. The number of aliphatic hydroxyl groups is 1. The molecule has 1 aromatic rings. The molecule has 2 rings (SSSR count). The average molecular weight is 220 g/mol. The minimum Gasteiger partial charge on any atom is -0.487 e. The highest BCUT2D eigenvalue weighted by molar-refractivity contribution is 5.45. The molecule has 0 radical (unpaired) electrons. The predicted molar refractivity (Wildman–Crippen MR) is 65.0 cm³/mol. The Morgan fingerprint density at radius 3 is 2.88 bits per heavy atom.